The minimum Gasteiger partial charge on any atom is -0.465 e. The van der Waals surface area contributed by atoms with Crippen LogP contribution in [0.1, 0.15) is 30.1 Å². The van der Waals surface area contributed by atoms with Crippen molar-refractivity contribution in [2.75, 3.05) is 46.0 Å². The average molecular weight is 403 g/mol. The van der Waals surface area contributed by atoms with Gasteiger partial charge in [0.15, 0.2) is 0 Å². The summed E-state index contributed by atoms with van der Waals surface area (Å²) in [5, 5.41) is 3.45. The topological polar surface area (TPSA) is 64.4 Å². The number of nitrogens with zero attached hydrogens (tertiary/aromatic N) is 1. The standard InChI is InChI=1S/C18H25Cl2N3O3/c1-2-10-26-18(21-6-3-7-23-8-11-25-12-9-23)22-17(24)14-4-5-15(19)16(20)13-14/h4-5,13H,2-3,6-12H2,1H3,(H,21,22,24)/p+1. The average Bonchev–Trinajstić information content (AvgIpc) is 2.65. The summed E-state index contributed by atoms with van der Waals surface area (Å²) in [7, 11) is 0. The first-order valence-corrected chi connectivity index (χ1v) is 9.70. The van der Waals surface area contributed by atoms with E-state index < -0.39 is 0 Å². The predicted molar refractivity (Wildman–Crippen MR) is 103 cm³/mol. The maximum atomic E-state index is 12.4. The zero-order valence-corrected chi connectivity index (χ0v) is 16.5. The Morgan fingerprint density at radius 1 is 1.31 bits per heavy atom. The van der Waals surface area contributed by atoms with E-state index in [1.165, 1.54) is 11.0 Å². The van der Waals surface area contributed by atoms with Crippen LogP contribution in [-0.4, -0.2) is 57.9 Å². The molecule has 144 valence electrons. The lowest BCUT2D eigenvalue weighted by Crippen LogP contribution is -3.14. The van der Waals surface area contributed by atoms with Gasteiger partial charge in [-0.1, -0.05) is 30.1 Å². The summed E-state index contributed by atoms with van der Waals surface area (Å²) in [6, 6.07) is 4.98. The summed E-state index contributed by atoms with van der Waals surface area (Å²) in [5.74, 6) is -0.322. The molecule has 2 N–H and O–H groups in total. The van der Waals surface area contributed by atoms with Gasteiger partial charge >= 0.3 is 0 Å². The SMILES string of the molecule is CCCOC(=NCCC[NH+]1CCOCC1)NC(=O)c1ccc(Cl)c(Cl)c1. The molecule has 1 heterocycles. The summed E-state index contributed by atoms with van der Waals surface area (Å²) in [6.45, 7) is 7.86. The fraction of sp³-hybridized carbons (Fsp3) is 0.556. The molecule has 1 aliphatic heterocycles. The molecule has 1 aliphatic rings. The molecule has 0 aliphatic carbocycles. The van der Waals surface area contributed by atoms with Crippen LogP contribution in [0.4, 0.5) is 0 Å². The molecule has 2 rings (SSSR count). The first-order chi connectivity index (χ1) is 12.6. The highest BCUT2D eigenvalue weighted by Crippen LogP contribution is 2.22. The molecule has 0 unspecified atom stereocenters. The smallest absolute Gasteiger partial charge is 0.291 e. The Morgan fingerprint density at radius 2 is 2.08 bits per heavy atom. The van der Waals surface area contributed by atoms with Gasteiger partial charge in [-0.2, -0.15) is 0 Å². The van der Waals surface area contributed by atoms with Crippen LogP contribution in [0.5, 0.6) is 0 Å². The van der Waals surface area contributed by atoms with Crippen LogP contribution >= 0.6 is 23.2 Å². The molecule has 1 amide bonds. The minimum absolute atomic E-state index is 0.250. The zero-order chi connectivity index (χ0) is 18.8. The molecule has 6 nitrogen and oxygen atoms in total. The van der Waals surface area contributed by atoms with Gasteiger partial charge < -0.3 is 14.4 Å². The number of nitrogens with one attached hydrogen (secondary N) is 2. The van der Waals surface area contributed by atoms with E-state index in [1.807, 2.05) is 6.92 Å². The third kappa shape index (κ3) is 7.11. The van der Waals surface area contributed by atoms with Gasteiger partial charge in [0.1, 0.15) is 13.1 Å². The van der Waals surface area contributed by atoms with Crippen molar-refractivity contribution >= 4 is 35.1 Å². The summed E-state index contributed by atoms with van der Waals surface area (Å²) < 4.78 is 10.9. The van der Waals surface area contributed by atoms with Crippen LogP contribution < -0.4 is 10.2 Å². The van der Waals surface area contributed by atoms with Crippen molar-refractivity contribution < 1.29 is 19.2 Å². The van der Waals surface area contributed by atoms with Gasteiger partial charge in [0.2, 0.25) is 0 Å². The quantitative estimate of drug-likeness (QED) is 0.415. The number of carbonyl (C=O) groups is 1. The van der Waals surface area contributed by atoms with Gasteiger partial charge in [-0.05, 0) is 24.6 Å². The van der Waals surface area contributed by atoms with E-state index in [9.17, 15) is 4.79 Å². The number of quaternary nitrogens is 1. The van der Waals surface area contributed by atoms with Crippen LogP contribution in [0.3, 0.4) is 0 Å². The third-order valence-electron chi connectivity index (χ3n) is 3.99. The van der Waals surface area contributed by atoms with Crippen molar-refractivity contribution in [2.24, 2.45) is 4.99 Å². The molecule has 1 aromatic rings. The van der Waals surface area contributed by atoms with Crippen molar-refractivity contribution in [1.82, 2.24) is 5.32 Å². The molecule has 0 bridgehead atoms. The van der Waals surface area contributed by atoms with E-state index in [4.69, 9.17) is 32.7 Å². The summed E-state index contributed by atoms with van der Waals surface area (Å²) in [6.07, 6.45) is 1.76. The third-order valence-corrected chi connectivity index (χ3v) is 4.73. The van der Waals surface area contributed by atoms with Gasteiger partial charge in [0.25, 0.3) is 11.9 Å². The normalized spacial score (nSPS) is 15.7. The molecule has 0 atom stereocenters. The summed E-state index contributed by atoms with van der Waals surface area (Å²) in [4.78, 5) is 18.3. The van der Waals surface area contributed by atoms with E-state index in [-0.39, 0.29) is 11.9 Å². The largest absolute Gasteiger partial charge is 0.465 e. The fourth-order valence-corrected chi connectivity index (χ4v) is 2.84. The van der Waals surface area contributed by atoms with Crippen LogP contribution in [0.15, 0.2) is 23.2 Å². The Kier molecular flexibility index (Phi) is 9.18. The molecule has 8 heteroatoms. The lowest BCUT2D eigenvalue weighted by molar-refractivity contribution is -0.908. The molecule has 1 fully saturated rings. The first-order valence-electron chi connectivity index (χ1n) is 8.95. The van der Waals surface area contributed by atoms with E-state index >= 15 is 0 Å². The first kappa shape index (κ1) is 21.0. The number of hydrogen-bond donors (Lipinski definition) is 2. The second-order valence-electron chi connectivity index (χ2n) is 6.08. The van der Waals surface area contributed by atoms with Gasteiger partial charge in [0, 0.05) is 18.5 Å². The van der Waals surface area contributed by atoms with Crippen molar-refractivity contribution in [3.8, 4) is 0 Å². The van der Waals surface area contributed by atoms with Crippen molar-refractivity contribution in [1.29, 1.82) is 0 Å². The van der Waals surface area contributed by atoms with Crippen LogP contribution in [0, 0.1) is 0 Å². The second-order valence-corrected chi connectivity index (χ2v) is 6.90. The lowest BCUT2D eigenvalue weighted by atomic mass is 10.2. The van der Waals surface area contributed by atoms with Gasteiger partial charge in [0.05, 0.1) is 36.4 Å². The van der Waals surface area contributed by atoms with E-state index in [1.54, 1.807) is 12.1 Å². The van der Waals surface area contributed by atoms with E-state index in [0.717, 1.165) is 45.7 Å². The maximum Gasteiger partial charge on any atom is 0.291 e. The highest BCUT2D eigenvalue weighted by Gasteiger charge is 2.14. The van der Waals surface area contributed by atoms with Crippen molar-refractivity contribution in [3.63, 3.8) is 0 Å². The predicted octanol–water partition coefficient (Wildman–Crippen LogP) is 1.81. The Morgan fingerprint density at radius 3 is 2.77 bits per heavy atom. The Labute approximate surface area is 164 Å². The molecule has 0 saturated carbocycles. The number of halogens is 2. The monoisotopic (exact) mass is 402 g/mol. The number of hydrogen-bond acceptors (Lipinski definition) is 4. The number of aliphatic imine (C=N–C) groups is 1. The van der Waals surface area contributed by atoms with Gasteiger partial charge in [-0.15, -0.1) is 0 Å². The highest BCUT2D eigenvalue weighted by atomic mass is 35.5. The Balaban J connectivity index is 1.87. The van der Waals surface area contributed by atoms with Crippen LogP contribution in [0.25, 0.3) is 0 Å². The van der Waals surface area contributed by atoms with Gasteiger partial charge in [-0.25, -0.2) is 4.99 Å². The number of benzene rings is 1. The molecule has 26 heavy (non-hydrogen) atoms. The van der Waals surface area contributed by atoms with E-state index in [2.05, 4.69) is 10.3 Å². The number of morpholine rings is 1. The molecule has 0 radical (unpaired) electrons. The van der Waals surface area contributed by atoms with Crippen LogP contribution in [-0.2, 0) is 9.47 Å². The van der Waals surface area contributed by atoms with Crippen molar-refractivity contribution in [3.05, 3.63) is 33.8 Å². The number of amidine groups is 1. The molecule has 1 saturated heterocycles. The van der Waals surface area contributed by atoms with Crippen molar-refractivity contribution in [2.45, 2.75) is 19.8 Å². The zero-order valence-electron chi connectivity index (χ0n) is 15.0. The Bertz CT molecular complexity index is 620. The molecule has 0 spiro atoms. The summed E-state index contributed by atoms with van der Waals surface area (Å²) >= 11 is 11.9. The van der Waals surface area contributed by atoms with E-state index in [0.29, 0.717) is 28.8 Å². The number of rotatable bonds is 7. The molecule has 0 aromatic heterocycles. The second kappa shape index (κ2) is 11.4. The Hall–Kier alpha value is -1.34. The maximum absolute atomic E-state index is 12.4. The molecular weight excluding hydrogens is 377 g/mol. The molecule has 1 aromatic carbocycles. The number of amides is 1. The molecular formula is C18H26Cl2N3O3+. The van der Waals surface area contributed by atoms with Gasteiger partial charge in [-0.3, -0.25) is 10.1 Å². The lowest BCUT2D eigenvalue weighted by Gasteiger charge is -2.23. The van der Waals surface area contributed by atoms with Crippen LogP contribution in [0.2, 0.25) is 10.0 Å². The number of ether oxygens (including phenoxy) is 2. The minimum atomic E-state index is -0.322. The number of carbonyl (C=O) groups excluding carboxylic acids is 1. The fourth-order valence-electron chi connectivity index (χ4n) is 2.55. The highest BCUT2D eigenvalue weighted by molar-refractivity contribution is 6.42. The summed E-state index contributed by atoms with van der Waals surface area (Å²) in [5.41, 5.74) is 0.407.